The van der Waals surface area contributed by atoms with Crippen molar-refractivity contribution < 1.29 is 9.59 Å². The van der Waals surface area contributed by atoms with Crippen molar-refractivity contribution in [3.05, 3.63) is 41.8 Å². The van der Waals surface area contributed by atoms with Crippen LogP contribution in [-0.2, 0) is 0 Å². The van der Waals surface area contributed by atoms with Crippen molar-refractivity contribution in [3.63, 3.8) is 0 Å². The van der Waals surface area contributed by atoms with Gasteiger partial charge in [0, 0.05) is 13.1 Å². The number of imide groups is 1. The molecule has 0 unspecified atom stereocenters. The lowest BCUT2D eigenvalue weighted by Gasteiger charge is -2.27. The fourth-order valence-corrected chi connectivity index (χ4v) is 2.71. The molecule has 1 aromatic carbocycles. The summed E-state index contributed by atoms with van der Waals surface area (Å²) in [5.74, 6) is -0.298. The van der Waals surface area contributed by atoms with E-state index in [1.165, 1.54) is 4.90 Å². The molecule has 1 radical (unpaired) electrons. The zero-order chi connectivity index (χ0) is 13.2. The number of fused-ring (bicyclic) bond motifs is 1. The van der Waals surface area contributed by atoms with Gasteiger partial charge in [0.1, 0.15) is 0 Å². The fraction of sp³-hybridized carbons (Fsp3) is 0.400. The predicted octanol–water partition coefficient (Wildman–Crippen LogP) is 1.58. The molecule has 4 heteroatoms. The van der Waals surface area contributed by atoms with Gasteiger partial charge in [-0.2, -0.15) is 0 Å². The van der Waals surface area contributed by atoms with Crippen LogP contribution in [0.4, 0.5) is 0 Å². The Labute approximate surface area is 113 Å². The van der Waals surface area contributed by atoms with Crippen LogP contribution in [0.2, 0.25) is 0 Å². The maximum Gasteiger partial charge on any atom is 0.261 e. The molecule has 2 amide bonds. The Morgan fingerprint density at radius 2 is 1.47 bits per heavy atom. The molecule has 2 heterocycles. The lowest BCUT2D eigenvalue weighted by molar-refractivity contribution is 0.0634. The van der Waals surface area contributed by atoms with E-state index >= 15 is 0 Å². The molecule has 1 fully saturated rings. The number of amides is 2. The zero-order valence-corrected chi connectivity index (χ0v) is 10.8. The monoisotopic (exact) mass is 257 g/mol. The smallest absolute Gasteiger partial charge is 0.261 e. The Balaban J connectivity index is 1.67. The van der Waals surface area contributed by atoms with Crippen LogP contribution in [0.15, 0.2) is 24.3 Å². The quantitative estimate of drug-likeness (QED) is 0.772. The zero-order valence-electron chi connectivity index (χ0n) is 10.8. The van der Waals surface area contributed by atoms with Crippen LogP contribution in [0.5, 0.6) is 0 Å². The average molecular weight is 257 g/mol. The molecule has 4 nitrogen and oxygen atoms in total. The molecule has 0 saturated carbocycles. The molecule has 2 aliphatic rings. The Bertz CT molecular complexity index is 472. The molecule has 2 aliphatic heterocycles. The molecule has 1 saturated heterocycles. The van der Waals surface area contributed by atoms with E-state index < -0.39 is 0 Å². The van der Waals surface area contributed by atoms with Crippen LogP contribution < -0.4 is 0 Å². The van der Waals surface area contributed by atoms with Crippen LogP contribution >= 0.6 is 0 Å². The van der Waals surface area contributed by atoms with Gasteiger partial charge in [-0.3, -0.25) is 14.5 Å². The molecule has 19 heavy (non-hydrogen) atoms. The average Bonchev–Trinajstić information content (AvgIpc) is 2.71. The summed E-state index contributed by atoms with van der Waals surface area (Å²) in [6, 6.07) is 7.05. The van der Waals surface area contributed by atoms with E-state index in [9.17, 15) is 9.59 Å². The Morgan fingerprint density at radius 1 is 0.895 bits per heavy atom. The number of rotatable bonds is 3. The minimum atomic E-state index is -0.149. The largest absolute Gasteiger partial charge is 0.302 e. The summed E-state index contributed by atoms with van der Waals surface area (Å²) < 4.78 is 0. The first-order valence-electron chi connectivity index (χ1n) is 6.76. The third kappa shape index (κ3) is 2.28. The number of hydrogen-bond donors (Lipinski definition) is 0. The van der Waals surface area contributed by atoms with Gasteiger partial charge in [0.25, 0.3) is 11.8 Å². The van der Waals surface area contributed by atoms with E-state index in [0.29, 0.717) is 17.7 Å². The second-order valence-electron chi connectivity index (χ2n) is 5.02. The fourth-order valence-electron chi connectivity index (χ4n) is 2.71. The molecular weight excluding hydrogens is 240 g/mol. The summed E-state index contributed by atoms with van der Waals surface area (Å²) in [7, 11) is 0. The summed E-state index contributed by atoms with van der Waals surface area (Å²) >= 11 is 0. The van der Waals surface area contributed by atoms with Crippen LogP contribution in [-0.4, -0.2) is 47.8 Å². The van der Waals surface area contributed by atoms with E-state index in [2.05, 4.69) is 11.3 Å². The summed E-state index contributed by atoms with van der Waals surface area (Å²) in [4.78, 5) is 28.0. The number of piperidine rings is 1. The molecule has 0 atom stereocenters. The molecule has 99 valence electrons. The summed E-state index contributed by atoms with van der Waals surface area (Å²) in [5, 5.41) is 0. The van der Waals surface area contributed by atoms with Gasteiger partial charge in [0.2, 0.25) is 0 Å². The number of hydrogen-bond acceptors (Lipinski definition) is 3. The lowest BCUT2D eigenvalue weighted by atomic mass is 10.1. The normalized spacial score (nSPS) is 19.9. The van der Waals surface area contributed by atoms with Gasteiger partial charge in [-0.25, -0.2) is 0 Å². The SMILES string of the molecule is O=C1c2ccccc2C(=O)N1CCN1CC[CH]CC1. The maximum absolute atomic E-state index is 12.2. The summed E-state index contributed by atoms with van der Waals surface area (Å²) in [5.41, 5.74) is 1.08. The van der Waals surface area contributed by atoms with Crippen molar-refractivity contribution in [1.29, 1.82) is 0 Å². The first-order chi connectivity index (χ1) is 9.27. The highest BCUT2D eigenvalue weighted by atomic mass is 16.2. The molecule has 0 aliphatic carbocycles. The minimum absolute atomic E-state index is 0.149. The van der Waals surface area contributed by atoms with Gasteiger partial charge in [-0.1, -0.05) is 12.1 Å². The molecule has 0 N–H and O–H groups in total. The van der Waals surface area contributed by atoms with Crippen molar-refractivity contribution >= 4 is 11.8 Å². The highest BCUT2D eigenvalue weighted by Crippen LogP contribution is 2.22. The number of likely N-dealkylation sites (tertiary alicyclic amines) is 1. The molecule has 0 aromatic heterocycles. The first kappa shape index (κ1) is 12.4. The molecule has 0 spiro atoms. The van der Waals surface area contributed by atoms with Gasteiger partial charge < -0.3 is 4.90 Å². The van der Waals surface area contributed by atoms with Crippen molar-refractivity contribution in [2.75, 3.05) is 26.2 Å². The van der Waals surface area contributed by atoms with Crippen molar-refractivity contribution in [1.82, 2.24) is 9.80 Å². The predicted molar refractivity (Wildman–Crippen MR) is 71.8 cm³/mol. The number of nitrogens with zero attached hydrogens (tertiary/aromatic N) is 2. The number of benzene rings is 1. The summed E-state index contributed by atoms with van der Waals surface area (Å²) in [6.45, 7) is 3.33. The summed E-state index contributed by atoms with van der Waals surface area (Å²) in [6.07, 6.45) is 4.49. The van der Waals surface area contributed by atoms with E-state index in [1.807, 2.05) is 0 Å². The van der Waals surface area contributed by atoms with E-state index in [4.69, 9.17) is 0 Å². The number of carbonyl (C=O) groups excluding carboxylic acids is 2. The minimum Gasteiger partial charge on any atom is -0.302 e. The highest BCUT2D eigenvalue weighted by molar-refractivity contribution is 6.21. The van der Waals surface area contributed by atoms with E-state index in [1.54, 1.807) is 24.3 Å². The van der Waals surface area contributed by atoms with Gasteiger partial charge in [0.15, 0.2) is 0 Å². The second kappa shape index (κ2) is 5.13. The van der Waals surface area contributed by atoms with E-state index in [0.717, 1.165) is 32.5 Å². The van der Waals surface area contributed by atoms with Crippen molar-refractivity contribution in [2.24, 2.45) is 0 Å². The van der Waals surface area contributed by atoms with Crippen LogP contribution in [0.1, 0.15) is 33.6 Å². The Kier molecular flexibility index (Phi) is 3.34. The Hall–Kier alpha value is -1.68. The maximum atomic E-state index is 12.2. The van der Waals surface area contributed by atoms with Crippen molar-refractivity contribution in [3.8, 4) is 0 Å². The topological polar surface area (TPSA) is 40.6 Å². The highest BCUT2D eigenvalue weighted by Gasteiger charge is 2.34. The van der Waals surface area contributed by atoms with Crippen molar-refractivity contribution in [2.45, 2.75) is 12.8 Å². The second-order valence-corrected chi connectivity index (χ2v) is 5.02. The third-order valence-corrected chi connectivity index (χ3v) is 3.82. The van der Waals surface area contributed by atoms with Gasteiger partial charge in [0.05, 0.1) is 11.1 Å². The Morgan fingerprint density at radius 3 is 2.05 bits per heavy atom. The standard InChI is InChI=1S/C15H17N2O2/c18-14-12-6-2-3-7-13(12)15(19)17(14)11-10-16-8-4-1-5-9-16/h1-3,6-7H,4-5,8-11H2. The molecular formula is C15H17N2O2. The molecule has 0 bridgehead atoms. The van der Waals surface area contributed by atoms with Gasteiger partial charge in [-0.05, 0) is 44.5 Å². The van der Waals surface area contributed by atoms with Gasteiger partial charge in [-0.15, -0.1) is 0 Å². The van der Waals surface area contributed by atoms with Gasteiger partial charge >= 0.3 is 0 Å². The van der Waals surface area contributed by atoms with E-state index in [-0.39, 0.29) is 11.8 Å². The number of carbonyl (C=O) groups is 2. The third-order valence-electron chi connectivity index (χ3n) is 3.82. The van der Waals surface area contributed by atoms with Crippen LogP contribution in [0.3, 0.4) is 0 Å². The molecule has 3 rings (SSSR count). The molecule has 1 aromatic rings. The van der Waals surface area contributed by atoms with Crippen LogP contribution in [0.25, 0.3) is 0 Å². The first-order valence-corrected chi connectivity index (χ1v) is 6.76. The lowest BCUT2D eigenvalue weighted by Crippen LogP contribution is -2.40. The van der Waals surface area contributed by atoms with Crippen LogP contribution in [0, 0.1) is 6.42 Å².